The van der Waals surface area contributed by atoms with Gasteiger partial charge in [0.15, 0.2) is 0 Å². The van der Waals surface area contributed by atoms with Gasteiger partial charge in [-0.05, 0) is 39.2 Å². The molecule has 0 saturated carbocycles. The van der Waals surface area contributed by atoms with Crippen LogP contribution in [0.15, 0.2) is 30.3 Å². The first-order valence-corrected chi connectivity index (χ1v) is 9.21. The zero-order valence-corrected chi connectivity index (χ0v) is 16.0. The lowest BCUT2D eigenvalue weighted by atomic mass is 9.95. The maximum absolute atomic E-state index is 12.9. The van der Waals surface area contributed by atoms with Gasteiger partial charge in [-0.3, -0.25) is 4.79 Å². The van der Waals surface area contributed by atoms with E-state index in [-0.39, 0.29) is 24.5 Å². The van der Waals surface area contributed by atoms with E-state index in [0.717, 1.165) is 5.56 Å². The number of ether oxygens (including phenoxy) is 1. The number of hydrogen-bond acceptors (Lipinski definition) is 4. The second-order valence-corrected chi connectivity index (χ2v) is 7.71. The van der Waals surface area contributed by atoms with Crippen molar-refractivity contribution in [3.63, 3.8) is 0 Å². The molecule has 6 nitrogen and oxygen atoms in total. The molecule has 1 N–H and O–H groups in total. The van der Waals surface area contributed by atoms with Gasteiger partial charge in [-0.2, -0.15) is 0 Å². The number of nitrogens with zero attached hydrogens (tertiary/aromatic N) is 2. The van der Waals surface area contributed by atoms with Crippen molar-refractivity contribution >= 4 is 12.0 Å². The number of hydrogen-bond donors (Lipinski definition) is 1. The molecule has 1 fully saturated rings. The quantitative estimate of drug-likeness (QED) is 0.874. The number of amides is 2. The van der Waals surface area contributed by atoms with Gasteiger partial charge >= 0.3 is 6.09 Å². The predicted octanol–water partition coefficient (Wildman–Crippen LogP) is 2.65. The summed E-state index contributed by atoms with van der Waals surface area (Å²) < 4.78 is 5.40. The summed E-state index contributed by atoms with van der Waals surface area (Å²) in [5.74, 6) is -0.0734. The van der Waals surface area contributed by atoms with Crippen molar-refractivity contribution in [3.8, 4) is 0 Å². The van der Waals surface area contributed by atoms with Gasteiger partial charge in [0.25, 0.3) is 0 Å². The van der Waals surface area contributed by atoms with Crippen molar-refractivity contribution in [3.05, 3.63) is 35.9 Å². The van der Waals surface area contributed by atoms with Crippen molar-refractivity contribution in [2.75, 3.05) is 26.2 Å². The molecule has 1 aromatic rings. The summed E-state index contributed by atoms with van der Waals surface area (Å²) >= 11 is 0. The molecule has 0 spiro atoms. The number of aliphatic hydroxyl groups is 1. The van der Waals surface area contributed by atoms with Crippen LogP contribution in [-0.4, -0.2) is 58.7 Å². The summed E-state index contributed by atoms with van der Waals surface area (Å²) in [5, 5.41) is 9.32. The largest absolute Gasteiger partial charge is 0.444 e. The first-order valence-electron chi connectivity index (χ1n) is 9.21. The van der Waals surface area contributed by atoms with E-state index < -0.39 is 5.60 Å². The minimum absolute atomic E-state index is 0.0479. The molecule has 0 aliphatic carbocycles. The number of rotatable bonds is 5. The Balaban J connectivity index is 1.91. The van der Waals surface area contributed by atoms with Crippen LogP contribution < -0.4 is 0 Å². The van der Waals surface area contributed by atoms with Crippen LogP contribution in [0.5, 0.6) is 0 Å². The van der Waals surface area contributed by atoms with Crippen LogP contribution in [0.2, 0.25) is 0 Å². The van der Waals surface area contributed by atoms with E-state index in [1.807, 2.05) is 51.1 Å². The molecule has 0 bridgehead atoms. The molecule has 0 aromatic heterocycles. The SMILES string of the molecule is CC(C)(C)OC(=O)N1CCC(C(=O)N(CCO)Cc2ccccc2)CC1. The summed E-state index contributed by atoms with van der Waals surface area (Å²) in [5.41, 5.74) is 0.526. The first kappa shape index (κ1) is 20.2. The maximum Gasteiger partial charge on any atom is 0.410 e. The van der Waals surface area contributed by atoms with Crippen molar-refractivity contribution < 1.29 is 19.4 Å². The molecule has 26 heavy (non-hydrogen) atoms. The number of carbonyl (C=O) groups is 2. The summed E-state index contributed by atoms with van der Waals surface area (Å²) in [6, 6.07) is 9.77. The molecule has 2 amide bonds. The topological polar surface area (TPSA) is 70.1 Å². The molecule has 1 saturated heterocycles. The Morgan fingerprint density at radius 1 is 1.19 bits per heavy atom. The maximum atomic E-state index is 12.9. The van der Waals surface area contributed by atoms with Crippen LogP contribution in [0, 0.1) is 5.92 Å². The van der Waals surface area contributed by atoms with Crippen LogP contribution in [0.3, 0.4) is 0 Å². The first-order chi connectivity index (χ1) is 12.3. The highest BCUT2D eigenvalue weighted by Crippen LogP contribution is 2.22. The fourth-order valence-electron chi connectivity index (χ4n) is 3.09. The van der Waals surface area contributed by atoms with E-state index in [1.165, 1.54) is 0 Å². The number of likely N-dealkylation sites (tertiary alicyclic amines) is 1. The Morgan fingerprint density at radius 2 is 1.81 bits per heavy atom. The molecule has 0 atom stereocenters. The van der Waals surface area contributed by atoms with Crippen molar-refractivity contribution in [1.82, 2.24) is 9.80 Å². The highest BCUT2D eigenvalue weighted by Gasteiger charge is 2.31. The molecule has 0 unspecified atom stereocenters. The number of benzene rings is 1. The van der Waals surface area contributed by atoms with Gasteiger partial charge in [0, 0.05) is 32.1 Å². The Hall–Kier alpha value is -2.08. The van der Waals surface area contributed by atoms with Gasteiger partial charge in [-0.15, -0.1) is 0 Å². The van der Waals surface area contributed by atoms with E-state index in [4.69, 9.17) is 4.74 Å². The molecule has 1 aliphatic rings. The molecule has 6 heteroatoms. The van der Waals surface area contributed by atoms with Crippen molar-refractivity contribution in [1.29, 1.82) is 0 Å². The van der Waals surface area contributed by atoms with Crippen LogP contribution in [-0.2, 0) is 16.1 Å². The normalized spacial score (nSPS) is 15.6. The molecular formula is C20H30N2O4. The van der Waals surface area contributed by atoms with Gasteiger partial charge in [0.05, 0.1) is 6.61 Å². The zero-order valence-electron chi connectivity index (χ0n) is 16.0. The lowest BCUT2D eigenvalue weighted by Crippen LogP contribution is -2.46. The zero-order chi connectivity index (χ0) is 19.2. The Bertz CT molecular complexity index is 590. The predicted molar refractivity (Wildman–Crippen MR) is 99.5 cm³/mol. The summed E-state index contributed by atoms with van der Waals surface area (Å²) in [7, 11) is 0. The van der Waals surface area contributed by atoms with Gasteiger partial charge in [-0.1, -0.05) is 30.3 Å². The van der Waals surface area contributed by atoms with Gasteiger partial charge < -0.3 is 19.6 Å². The van der Waals surface area contributed by atoms with Crippen LogP contribution in [0.4, 0.5) is 4.79 Å². The summed E-state index contributed by atoms with van der Waals surface area (Å²) in [6.45, 7) is 7.32. The smallest absolute Gasteiger partial charge is 0.410 e. The summed E-state index contributed by atoms with van der Waals surface area (Å²) in [6.07, 6.45) is 0.920. The molecule has 1 heterocycles. The standard InChI is InChI=1S/C20H30N2O4/c1-20(2,3)26-19(25)21-11-9-17(10-12-21)18(24)22(13-14-23)15-16-7-5-4-6-8-16/h4-8,17,23H,9-15H2,1-3H3. The number of carbonyl (C=O) groups excluding carboxylic acids is 2. The second-order valence-electron chi connectivity index (χ2n) is 7.71. The van der Waals surface area contributed by atoms with E-state index in [0.29, 0.717) is 39.0 Å². The third-order valence-corrected chi connectivity index (χ3v) is 4.39. The van der Waals surface area contributed by atoms with E-state index in [2.05, 4.69) is 0 Å². The van der Waals surface area contributed by atoms with Crippen LogP contribution in [0.25, 0.3) is 0 Å². The lowest BCUT2D eigenvalue weighted by Gasteiger charge is -2.35. The second kappa shape index (κ2) is 9.03. The minimum atomic E-state index is -0.517. The number of piperidine rings is 1. The van der Waals surface area contributed by atoms with E-state index in [9.17, 15) is 14.7 Å². The molecule has 1 aromatic carbocycles. The summed E-state index contributed by atoms with van der Waals surface area (Å²) in [4.78, 5) is 28.4. The average molecular weight is 362 g/mol. The average Bonchev–Trinajstić information content (AvgIpc) is 2.60. The lowest BCUT2D eigenvalue weighted by molar-refractivity contribution is -0.138. The molecule has 0 radical (unpaired) electrons. The van der Waals surface area contributed by atoms with Gasteiger partial charge in [-0.25, -0.2) is 4.79 Å². The van der Waals surface area contributed by atoms with Crippen LogP contribution in [0.1, 0.15) is 39.2 Å². The minimum Gasteiger partial charge on any atom is -0.444 e. The number of aliphatic hydroxyl groups excluding tert-OH is 1. The Labute approximate surface area is 155 Å². The Morgan fingerprint density at radius 3 is 2.35 bits per heavy atom. The van der Waals surface area contributed by atoms with Crippen molar-refractivity contribution in [2.45, 2.75) is 45.8 Å². The van der Waals surface area contributed by atoms with Gasteiger partial charge in [0.1, 0.15) is 5.60 Å². The van der Waals surface area contributed by atoms with Crippen molar-refractivity contribution in [2.24, 2.45) is 5.92 Å². The van der Waals surface area contributed by atoms with Crippen LogP contribution >= 0.6 is 0 Å². The Kier molecular flexibility index (Phi) is 7.03. The molecule has 144 valence electrons. The van der Waals surface area contributed by atoms with E-state index in [1.54, 1.807) is 9.80 Å². The fourth-order valence-corrected chi connectivity index (χ4v) is 3.09. The molecule has 2 rings (SSSR count). The fraction of sp³-hybridized carbons (Fsp3) is 0.600. The third-order valence-electron chi connectivity index (χ3n) is 4.39. The highest BCUT2D eigenvalue weighted by molar-refractivity contribution is 5.79. The van der Waals surface area contributed by atoms with Gasteiger partial charge in [0.2, 0.25) is 5.91 Å². The highest BCUT2D eigenvalue weighted by atomic mass is 16.6. The monoisotopic (exact) mass is 362 g/mol. The molecular weight excluding hydrogens is 332 g/mol. The van der Waals surface area contributed by atoms with E-state index >= 15 is 0 Å². The third kappa shape index (κ3) is 6.02. The molecule has 1 aliphatic heterocycles.